The van der Waals surface area contributed by atoms with Crippen LogP contribution in [-0.4, -0.2) is 23.2 Å². The Hall–Kier alpha value is -1.73. The molecule has 18 heavy (non-hydrogen) atoms. The molecular weight excluding hydrogens is 254 g/mol. The van der Waals surface area contributed by atoms with Crippen molar-refractivity contribution < 1.29 is 13.9 Å². The molecule has 2 aromatic heterocycles. The molecule has 0 radical (unpaired) electrons. The predicted molar refractivity (Wildman–Crippen MR) is 66.7 cm³/mol. The molecule has 0 saturated heterocycles. The third-order valence-corrected chi connectivity index (χ3v) is 3.43. The number of aryl methyl sites for hydroxylation is 1. The van der Waals surface area contributed by atoms with E-state index < -0.39 is 0 Å². The largest absolute Gasteiger partial charge is 0.459 e. The number of rotatable bonds is 4. The van der Waals surface area contributed by atoms with Crippen molar-refractivity contribution in [3.63, 3.8) is 0 Å². The monoisotopic (exact) mass is 267 g/mol. The van der Waals surface area contributed by atoms with Crippen LogP contribution in [0, 0.1) is 6.92 Å². The predicted octanol–water partition coefficient (Wildman–Crippen LogP) is 2.40. The highest BCUT2D eigenvalue weighted by molar-refractivity contribution is 7.15. The molecule has 2 aromatic rings. The van der Waals surface area contributed by atoms with Crippen LogP contribution in [0.2, 0.25) is 0 Å². The van der Waals surface area contributed by atoms with Gasteiger partial charge in [-0.1, -0.05) is 11.3 Å². The van der Waals surface area contributed by atoms with Crippen LogP contribution in [0.4, 0.5) is 5.13 Å². The second-order valence-electron chi connectivity index (χ2n) is 3.71. The van der Waals surface area contributed by atoms with Gasteiger partial charge < -0.3 is 9.15 Å². The molecule has 96 valence electrons. The number of carbonyl (C=O) groups excluding carboxylic acids is 1. The summed E-state index contributed by atoms with van der Waals surface area (Å²) in [6.45, 7) is 3.67. The van der Waals surface area contributed by atoms with Crippen molar-refractivity contribution in [3.05, 3.63) is 28.7 Å². The summed E-state index contributed by atoms with van der Waals surface area (Å²) >= 11 is 1.28. The van der Waals surface area contributed by atoms with Crippen molar-refractivity contribution in [2.24, 2.45) is 0 Å². The number of carbonyl (C=O) groups is 1. The maximum absolute atomic E-state index is 11.8. The fourth-order valence-corrected chi connectivity index (χ4v) is 2.08. The van der Waals surface area contributed by atoms with Gasteiger partial charge in [0.25, 0.3) is 5.91 Å². The number of hydrogen-bond donors (Lipinski definition) is 1. The average Bonchev–Trinajstić information content (AvgIpc) is 2.97. The van der Waals surface area contributed by atoms with Crippen LogP contribution in [0.15, 0.2) is 16.7 Å². The molecule has 1 amide bonds. The number of aromatic nitrogens is 2. The van der Waals surface area contributed by atoms with E-state index in [-0.39, 0.29) is 17.8 Å². The fraction of sp³-hybridized carbons (Fsp3) is 0.364. The third-order valence-electron chi connectivity index (χ3n) is 2.43. The number of amides is 1. The zero-order valence-corrected chi connectivity index (χ0v) is 11.1. The molecule has 0 aliphatic rings. The maximum atomic E-state index is 11.8. The average molecular weight is 267 g/mol. The van der Waals surface area contributed by atoms with Gasteiger partial charge in [0.2, 0.25) is 5.13 Å². The number of hydrogen-bond acceptors (Lipinski definition) is 6. The number of ether oxygens (including phenoxy) is 1. The summed E-state index contributed by atoms with van der Waals surface area (Å²) in [5, 5.41) is 11.6. The molecule has 7 heteroatoms. The molecule has 0 aliphatic carbocycles. The number of nitrogens with one attached hydrogen (secondary N) is 1. The first-order chi connectivity index (χ1) is 8.61. The SMILES string of the molecule is COC(C)c1nnc(NC(=O)c2occc2C)s1. The fourth-order valence-electron chi connectivity index (χ4n) is 1.31. The number of furan rings is 1. The Kier molecular flexibility index (Phi) is 3.73. The zero-order valence-electron chi connectivity index (χ0n) is 10.3. The summed E-state index contributed by atoms with van der Waals surface area (Å²) in [6.07, 6.45) is 1.33. The summed E-state index contributed by atoms with van der Waals surface area (Å²) in [4.78, 5) is 11.8. The summed E-state index contributed by atoms with van der Waals surface area (Å²) in [7, 11) is 1.59. The molecular formula is C11H13N3O3S. The Morgan fingerprint density at radius 2 is 2.33 bits per heavy atom. The van der Waals surface area contributed by atoms with Crippen LogP contribution in [0.25, 0.3) is 0 Å². The maximum Gasteiger partial charge on any atom is 0.293 e. The first-order valence-electron chi connectivity index (χ1n) is 5.33. The van der Waals surface area contributed by atoms with Crippen molar-refractivity contribution in [2.45, 2.75) is 20.0 Å². The molecule has 0 saturated carbocycles. The van der Waals surface area contributed by atoms with E-state index in [1.165, 1.54) is 17.6 Å². The Bertz CT molecular complexity index is 549. The minimum Gasteiger partial charge on any atom is -0.459 e. The van der Waals surface area contributed by atoms with E-state index in [2.05, 4.69) is 15.5 Å². The van der Waals surface area contributed by atoms with Crippen LogP contribution in [-0.2, 0) is 4.74 Å². The molecule has 0 bridgehead atoms. The van der Waals surface area contributed by atoms with Gasteiger partial charge in [0.15, 0.2) is 5.76 Å². The summed E-state index contributed by atoms with van der Waals surface area (Å²) in [5.74, 6) is -0.0446. The highest BCUT2D eigenvalue weighted by Gasteiger charge is 2.16. The molecule has 1 N–H and O–H groups in total. The summed E-state index contributed by atoms with van der Waals surface area (Å²) < 4.78 is 10.2. The van der Waals surface area contributed by atoms with E-state index in [9.17, 15) is 4.79 Å². The number of nitrogens with zero attached hydrogens (tertiary/aromatic N) is 2. The van der Waals surface area contributed by atoms with E-state index in [1.54, 1.807) is 20.1 Å². The summed E-state index contributed by atoms with van der Waals surface area (Å²) in [5.41, 5.74) is 0.780. The Labute approximate surface area is 108 Å². The topological polar surface area (TPSA) is 77.3 Å². The van der Waals surface area contributed by atoms with Crippen molar-refractivity contribution in [1.29, 1.82) is 0 Å². The van der Waals surface area contributed by atoms with Crippen LogP contribution in [0.5, 0.6) is 0 Å². The first-order valence-corrected chi connectivity index (χ1v) is 6.15. The van der Waals surface area contributed by atoms with Crippen LogP contribution in [0.1, 0.15) is 34.2 Å². The smallest absolute Gasteiger partial charge is 0.293 e. The van der Waals surface area contributed by atoms with Gasteiger partial charge in [-0.15, -0.1) is 10.2 Å². The number of methoxy groups -OCH3 is 1. The van der Waals surface area contributed by atoms with Crippen LogP contribution >= 0.6 is 11.3 Å². The Morgan fingerprint density at radius 3 is 2.94 bits per heavy atom. The van der Waals surface area contributed by atoms with Gasteiger partial charge in [0.1, 0.15) is 11.1 Å². The molecule has 2 heterocycles. The van der Waals surface area contributed by atoms with Crippen molar-refractivity contribution in [3.8, 4) is 0 Å². The Balaban J connectivity index is 2.08. The molecule has 0 aromatic carbocycles. The van der Waals surface area contributed by atoms with Gasteiger partial charge in [0, 0.05) is 12.7 Å². The third kappa shape index (κ3) is 2.57. The van der Waals surface area contributed by atoms with E-state index in [0.29, 0.717) is 10.1 Å². The molecule has 2 rings (SSSR count). The van der Waals surface area contributed by atoms with Gasteiger partial charge in [0.05, 0.1) is 6.26 Å². The van der Waals surface area contributed by atoms with Crippen LogP contribution < -0.4 is 5.32 Å². The van der Waals surface area contributed by atoms with Crippen molar-refractivity contribution in [1.82, 2.24) is 10.2 Å². The number of anilines is 1. The second-order valence-corrected chi connectivity index (χ2v) is 4.72. The van der Waals surface area contributed by atoms with Gasteiger partial charge in [-0.05, 0) is 19.9 Å². The molecule has 0 fully saturated rings. The first kappa shape index (κ1) is 12.7. The van der Waals surface area contributed by atoms with E-state index in [1.807, 2.05) is 6.92 Å². The lowest BCUT2D eigenvalue weighted by molar-refractivity contribution is 0.0996. The minimum atomic E-state index is -0.328. The van der Waals surface area contributed by atoms with Crippen molar-refractivity contribution >= 4 is 22.4 Å². The molecule has 0 spiro atoms. The van der Waals surface area contributed by atoms with Crippen molar-refractivity contribution in [2.75, 3.05) is 12.4 Å². The van der Waals surface area contributed by atoms with E-state index in [0.717, 1.165) is 5.56 Å². The molecule has 0 aliphatic heterocycles. The normalized spacial score (nSPS) is 12.4. The highest BCUT2D eigenvalue weighted by Crippen LogP contribution is 2.24. The standard InChI is InChI=1S/C11H13N3O3S/c1-6-4-5-17-8(6)9(15)12-11-14-13-10(18-11)7(2)16-3/h4-5,7H,1-3H3,(H,12,14,15). The molecule has 6 nitrogen and oxygen atoms in total. The van der Waals surface area contributed by atoms with Crippen LogP contribution in [0.3, 0.4) is 0 Å². The zero-order chi connectivity index (χ0) is 13.1. The van der Waals surface area contributed by atoms with Gasteiger partial charge >= 0.3 is 0 Å². The minimum absolute atomic E-state index is 0.140. The second kappa shape index (κ2) is 5.28. The molecule has 1 atom stereocenters. The molecule has 1 unspecified atom stereocenters. The van der Waals surface area contributed by atoms with Gasteiger partial charge in [-0.3, -0.25) is 10.1 Å². The van der Waals surface area contributed by atoms with Gasteiger partial charge in [-0.2, -0.15) is 0 Å². The highest BCUT2D eigenvalue weighted by atomic mass is 32.1. The van der Waals surface area contributed by atoms with E-state index >= 15 is 0 Å². The van der Waals surface area contributed by atoms with E-state index in [4.69, 9.17) is 9.15 Å². The lowest BCUT2D eigenvalue weighted by atomic mass is 10.3. The Morgan fingerprint density at radius 1 is 1.56 bits per heavy atom. The van der Waals surface area contributed by atoms with Gasteiger partial charge in [-0.25, -0.2) is 0 Å². The quantitative estimate of drug-likeness (QED) is 0.920. The lowest BCUT2D eigenvalue weighted by Gasteiger charge is -2.02. The summed E-state index contributed by atoms with van der Waals surface area (Å²) in [6, 6.07) is 1.73. The lowest BCUT2D eigenvalue weighted by Crippen LogP contribution is -2.11.